The molecule has 0 radical (unpaired) electrons. The van der Waals surface area contributed by atoms with E-state index in [-0.39, 0.29) is 43.1 Å². The third kappa shape index (κ3) is 6.37. The summed E-state index contributed by atoms with van der Waals surface area (Å²) in [7, 11) is 1.33. The zero-order valence-corrected chi connectivity index (χ0v) is 16.7. The molecule has 0 fully saturated rings. The van der Waals surface area contributed by atoms with E-state index >= 15 is 0 Å². The Morgan fingerprint density at radius 1 is 1.04 bits per heavy atom. The molecule has 2 rings (SSSR count). The normalized spacial score (nSPS) is 10.7. The lowest BCUT2D eigenvalue weighted by atomic mass is 10.1. The third-order valence-corrected chi connectivity index (χ3v) is 4.39. The van der Waals surface area contributed by atoms with Crippen LogP contribution < -0.4 is 5.32 Å². The number of rotatable bonds is 9. The molecule has 0 saturated heterocycles. The van der Waals surface area contributed by atoms with Crippen molar-refractivity contribution in [2.24, 2.45) is 5.92 Å². The van der Waals surface area contributed by atoms with Gasteiger partial charge in [0.1, 0.15) is 0 Å². The van der Waals surface area contributed by atoms with Crippen molar-refractivity contribution in [3.8, 4) is 0 Å². The van der Waals surface area contributed by atoms with Gasteiger partial charge in [0, 0.05) is 31.6 Å². The Hall–Kier alpha value is -2.89. The summed E-state index contributed by atoms with van der Waals surface area (Å²) < 4.78 is 4.64. The highest BCUT2D eigenvalue weighted by atomic mass is 16.5. The van der Waals surface area contributed by atoms with Crippen LogP contribution in [0.15, 0.2) is 42.5 Å². The van der Waals surface area contributed by atoms with Crippen molar-refractivity contribution < 1.29 is 19.1 Å². The summed E-state index contributed by atoms with van der Waals surface area (Å²) in [6, 6.07) is 13.4. The molecule has 2 aromatic carbocycles. The smallest absolute Gasteiger partial charge is 0.307 e. The minimum atomic E-state index is -0.342. The molecular weight excluding hydrogens is 356 g/mol. The van der Waals surface area contributed by atoms with Crippen LogP contribution in [0.25, 0.3) is 10.8 Å². The van der Waals surface area contributed by atoms with Gasteiger partial charge in [-0.3, -0.25) is 14.4 Å². The van der Waals surface area contributed by atoms with E-state index in [1.807, 2.05) is 50.2 Å². The molecule has 2 amide bonds. The van der Waals surface area contributed by atoms with Crippen molar-refractivity contribution in [3.63, 3.8) is 0 Å². The molecule has 6 heteroatoms. The molecule has 0 unspecified atom stereocenters. The molecule has 6 nitrogen and oxygen atoms in total. The summed E-state index contributed by atoms with van der Waals surface area (Å²) in [5.74, 6) is -0.347. The van der Waals surface area contributed by atoms with Gasteiger partial charge in [-0.05, 0) is 28.8 Å². The highest BCUT2D eigenvalue weighted by Crippen LogP contribution is 2.15. The quantitative estimate of drug-likeness (QED) is 0.675. The van der Waals surface area contributed by atoms with Gasteiger partial charge < -0.3 is 15.0 Å². The van der Waals surface area contributed by atoms with E-state index in [0.29, 0.717) is 18.7 Å². The van der Waals surface area contributed by atoms with Crippen LogP contribution in [-0.2, 0) is 14.3 Å². The second-order valence-electron chi connectivity index (χ2n) is 7.13. The monoisotopic (exact) mass is 384 g/mol. The fraction of sp³-hybridized carbons (Fsp3) is 0.409. The Morgan fingerprint density at radius 3 is 2.43 bits per heavy atom. The molecule has 0 aliphatic carbocycles. The van der Waals surface area contributed by atoms with Crippen LogP contribution in [0.3, 0.4) is 0 Å². The fourth-order valence-corrected chi connectivity index (χ4v) is 2.96. The molecule has 0 aliphatic rings. The fourth-order valence-electron chi connectivity index (χ4n) is 2.96. The molecule has 0 aliphatic heterocycles. The average molecular weight is 384 g/mol. The third-order valence-electron chi connectivity index (χ3n) is 4.39. The van der Waals surface area contributed by atoms with Gasteiger partial charge in [0.25, 0.3) is 5.91 Å². The van der Waals surface area contributed by atoms with Gasteiger partial charge in [0.2, 0.25) is 5.91 Å². The lowest BCUT2D eigenvalue weighted by molar-refractivity contribution is -0.141. The number of nitrogens with zero attached hydrogens (tertiary/aromatic N) is 1. The number of nitrogens with one attached hydrogen (secondary N) is 1. The number of amides is 2. The van der Waals surface area contributed by atoms with E-state index in [0.717, 1.165) is 10.8 Å². The summed E-state index contributed by atoms with van der Waals surface area (Å²) in [4.78, 5) is 37.9. The number of hydrogen-bond donors (Lipinski definition) is 1. The van der Waals surface area contributed by atoms with Crippen molar-refractivity contribution in [2.75, 3.05) is 26.7 Å². The predicted molar refractivity (Wildman–Crippen MR) is 109 cm³/mol. The standard InChI is InChI=1S/C22H28N2O4/c1-16(2)15-24(13-11-21(26)28-3)20(25)10-12-23-22(27)19-9-8-17-6-4-5-7-18(17)14-19/h4-9,14,16H,10-13,15H2,1-3H3,(H,23,27). The SMILES string of the molecule is COC(=O)CCN(CC(C)C)C(=O)CCNC(=O)c1ccc2ccccc2c1. The van der Waals surface area contributed by atoms with Crippen molar-refractivity contribution in [3.05, 3.63) is 48.0 Å². The van der Waals surface area contributed by atoms with Crippen LogP contribution in [0.2, 0.25) is 0 Å². The number of esters is 1. The van der Waals surface area contributed by atoms with Crippen molar-refractivity contribution >= 4 is 28.6 Å². The second kappa shape index (κ2) is 10.4. The van der Waals surface area contributed by atoms with Gasteiger partial charge in [0.15, 0.2) is 0 Å². The molecule has 0 atom stereocenters. The van der Waals surface area contributed by atoms with Crippen LogP contribution in [-0.4, -0.2) is 49.4 Å². The first-order valence-corrected chi connectivity index (χ1v) is 9.52. The number of hydrogen-bond acceptors (Lipinski definition) is 4. The molecule has 0 aromatic heterocycles. The largest absolute Gasteiger partial charge is 0.469 e. The topological polar surface area (TPSA) is 75.7 Å². The Labute approximate surface area is 165 Å². The minimum Gasteiger partial charge on any atom is -0.469 e. The summed E-state index contributed by atoms with van der Waals surface area (Å²) in [5, 5.41) is 4.87. The second-order valence-corrected chi connectivity index (χ2v) is 7.13. The maximum atomic E-state index is 12.5. The lowest BCUT2D eigenvalue weighted by Crippen LogP contribution is -2.38. The van der Waals surface area contributed by atoms with E-state index in [1.54, 1.807) is 11.0 Å². The van der Waals surface area contributed by atoms with Crippen LogP contribution >= 0.6 is 0 Å². The summed E-state index contributed by atoms with van der Waals surface area (Å²) in [6.07, 6.45) is 0.353. The van der Waals surface area contributed by atoms with Gasteiger partial charge in [0.05, 0.1) is 13.5 Å². The zero-order chi connectivity index (χ0) is 20.5. The summed E-state index contributed by atoms with van der Waals surface area (Å²) >= 11 is 0. The Balaban J connectivity index is 1.88. The van der Waals surface area contributed by atoms with Crippen LogP contribution in [0.4, 0.5) is 0 Å². The summed E-state index contributed by atoms with van der Waals surface area (Å²) in [5.41, 5.74) is 0.566. The molecule has 0 bridgehead atoms. The first kappa shape index (κ1) is 21.4. The lowest BCUT2D eigenvalue weighted by Gasteiger charge is -2.24. The van der Waals surface area contributed by atoms with E-state index in [9.17, 15) is 14.4 Å². The Kier molecular flexibility index (Phi) is 7.99. The number of fused-ring (bicyclic) bond motifs is 1. The number of benzene rings is 2. The maximum absolute atomic E-state index is 12.5. The minimum absolute atomic E-state index is 0.0867. The van der Waals surface area contributed by atoms with Gasteiger partial charge >= 0.3 is 5.97 Å². The number of methoxy groups -OCH3 is 1. The van der Waals surface area contributed by atoms with Crippen LogP contribution in [0.1, 0.15) is 37.0 Å². The van der Waals surface area contributed by atoms with E-state index in [4.69, 9.17) is 0 Å². The molecule has 150 valence electrons. The maximum Gasteiger partial charge on any atom is 0.307 e. The van der Waals surface area contributed by atoms with Gasteiger partial charge in [-0.25, -0.2) is 0 Å². The number of carbonyl (C=O) groups excluding carboxylic acids is 3. The molecule has 1 N–H and O–H groups in total. The van der Waals surface area contributed by atoms with Crippen molar-refractivity contribution in [1.82, 2.24) is 10.2 Å². The Bertz CT molecular complexity index is 832. The average Bonchev–Trinajstić information content (AvgIpc) is 2.69. The molecule has 2 aromatic rings. The predicted octanol–water partition coefficient (Wildman–Crippen LogP) is 3.01. The van der Waals surface area contributed by atoms with E-state index in [2.05, 4.69) is 10.1 Å². The van der Waals surface area contributed by atoms with Gasteiger partial charge in [-0.2, -0.15) is 0 Å². The van der Waals surface area contributed by atoms with E-state index in [1.165, 1.54) is 7.11 Å². The molecule has 0 spiro atoms. The van der Waals surface area contributed by atoms with Gasteiger partial charge in [-0.15, -0.1) is 0 Å². The van der Waals surface area contributed by atoms with Crippen molar-refractivity contribution in [2.45, 2.75) is 26.7 Å². The van der Waals surface area contributed by atoms with Gasteiger partial charge in [-0.1, -0.05) is 44.2 Å². The van der Waals surface area contributed by atoms with Crippen LogP contribution in [0.5, 0.6) is 0 Å². The van der Waals surface area contributed by atoms with Crippen LogP contribution in [0, 0.1) is 5.92 Å². The van der Waals surface area contributed by atoms with E-state index < -0.39 is 0 Å². The molecule has 0 heterocycles. The first-order chi connectivity index (χ1) is 13.4. The summed E-state index contributed by atoms with van der Waals surface area (Å²) in [6.45, 7) is 5.16. The highest BCUT2D eigenvalue weighted by Gasteiger charge is 2.17. The Morgan fingerprint density at radius 2 is 1.75 bits per heavy atom. The number of ether oxygens (including phenoxy) is 1. The highest BCUT2D eigenvalue weighted by molar-refractivity contribution is 5.98. The molecule has 0 saturated carbocycles. The first-order valence-electron chi connectivity index (χ1n) is 9.52. The number of carbonyl (C=O) groups is 3. The molecular formula is C22H28N2O4. The zero-order valence-electron chi connectivity index (χ0n) is 16.7. The van der Waals surface area contributed by atoms with Crippen molar-refractivity contribution in [1.29, 1.82) is 0 Å². The molecule has 28 heavy (non-hydrogen) atoms.